The zero-order valence-corrected chi connectivity index (χ0v) is 17.3. The molecule has 0 spiro atoms. The summed E-state index contributed by atoms with van der Waals surface area (Å²) in [4.78, 5) is 47.9. The number of aromatic nitrogens is 4. The van der Waals surface area contributed by atoms with Gasteiger partial charge in [0.1, 0.15) is 17.1 Å². The fourth-order valence-corrected chi connectivity index (χ4v) is 4.49. The number of fused-ring (bicyclic) bond motifs is 1. The highest BCUT2D eigenvalue weighted by molar-refractivity contribution is 8.00. The van der Waals surface area contributed by atoms with Crippen molar-refractivity contribution in [2.45, 2.75) is 30.6 Å². The Morgan fingerprint density at radius 1 is 1.30 bits per heavy atom. The molecule has 1 aromatic heterocycles. The number of carboxylic acid groups (broad SMARTS) is 2. The normalized spacial score (nSPS) is 23.8. The van der Waals surface area contributed by atoms with E-state index in [-0.39, 0.29) is 23.5 Å². The largest absolute Gasteiger partial charge is 0.490 e. The molecule has 178 valence electrons. The van der Waals surface area contributed by atoms with Gasteiger partial charge >= 0.3 is 18.1 Å². The Labute approximate surface area is 186 Å². The molecule has 2 atom stereocenters. The van der Waals surface area contributed by atoms with E-state index in [0.29, 0.717) is 35.7 Å². The highest BCUT2D eigenvalue weighted by Gasteiger charge is 2.51. The average molecular weight is 491 g/mol. The van der Waals surface area contributed by atoms with Gasteiger partial charge in [0.05, 0.1) is 6.54 Å². The molecule has 17 heteroatoms. The number of amides is 2. The standard InChI is InChI=1S/C14H15N7O4S.C2HF3O2/c15-9-12(23)21-10(14(24)25)7(5-26-13(9)21)3-6-1-2-20(11(6)22)4-8-16-18-19-17-8;3-2(4,5)1(6)7/h3,9,13H,1-2,4-5,15H2,(H,24,25)(H,16,17,18,19);(H,6,7)/t9-,13-;/m1./s1. The summed E-state index contributed by atoms with van der Waals surface area (Å²) in [6, 6.07) is -0.678. The molecule has 2 fully saturated rings. The van der Waals surface area contributed by atoms with Crippen molar-refractivity contribution < 1.29 is 42.6 Å². The number of carbonyl (C=O) groups is 4. The van der Waals surface area contributed by atoms with E-state index in [1.807, 2.05) is 0 Å². The van der Waals surface area contributed by atoms with Crippen LogP contribution in [0.4, 0.5) is 13.2 Å². The fourth-order valence-electron chi connectivity index (χ4n) is 3.24. The Balaban J connectivity index is 0.000000383. The van der Waals surface area contributed by atoms with E-state index in [1.165, 1.54) is 16.7 Å². The summed E-state index contributed by atoms with van der Waals surface area (Å²) in [5.74, 6) is -3.71. The molecule has 0 aliphatic carbocycles. The minimum absolute atomic E-state index is 0.0846. The van der Waals surface area contributed by atoms with Crippen LogP contribution in [0, 0.1) is 0 Å². The smallest absolute Gasteiger partial charge is 0.477 e. The van der Waals surface area contributed by atoms with Gasteiger partial charge in [0.25, 0.3) is 0 Å². The average Bonchev–Trinajstić information content (AvgIpc) is 3.38. The third-order valence-electron chi connectivity index (χ3n) is 4.78. The zero-order valence-electron chi connectivity index (χ0n) is 16.4. The third kappa shape index (κ3) is 4.98. The number of hydrogen-bond donors (Lipinski definition) is 4. The van der Waals surface area contributed by atoms with Crippen LogP contribution in [0.2, 0.25) is 0 Å². The van der Waals surface area contributed by atoms with Gasteiger partial charge in [-0.2, -0.15) is 13.2 Å². The van der Waals surface area contributed by atoms with E-state index in [0.717, 1.165) is 0 Å². The lowest BCUT2D eigenvalue weighted by atomic mass is 10.0. The van der Waals surface area contributed by atoms with Gasteiger partial charge in [0.15, 0.2) is 5.82 Å². The number of β-lactam (4-membered cyclic amide) rings is 1. The quantitative estimate of drug-likeness (QED) is 0.300. The van der Waals surface area contributed by atoms with Gasteiger partial charge in [-0.3, -0.25) is 14.5 Å². The van der Waals surface area contributed by atoms with Gasteiger partial charge < -0.3 is 20.8 Å². The molecule has 2 amide bonds. The number of aliphatic carboxylic acids is 2. The number of H-pyrrole nitrogens is 1. The van der Waals surface area contributed by atoms with E-state index in [2.05, 4.69) is 20.6 Å². The Kier molecular flexibility index (Phi) is 6.73. The number of rotatable bonds is 4. The second-order valence-corrected chi connectivity index (χ2v) is 8.02. The van der Waals surface area contributed by atoms with E-state index < -0.39 is 30.1 Å². The maximum atomic E-state index is 12.6. The Morgan fingerprint density at radius 2 is 1.97 bits per heavy atom. The van der Waals surface area contributed by atoms with Crippen molar-refractivity contribution in [1.29, 1.82) is 0 Å². The number of thioether (sulfide) groups is 1. The van der Waals surface area contributed by atoms with Gasteiger partial charge in [-0.05, 0) is 28.5 Å². The lowest BCUT2D eigenvalue weighted by Gasteiger charge is -2.47. The molecular weight excluding hydrogens is 475 g/mol. The molecule has 4 heterocycles. The lowest BCUT2D eigenvalue weighted by Crippen LogP contribution is -2.68. The van der Waals surface area contributed by atoms with Crippen molar-refractivity contribution in [1.82, 2.24) is 30.4 Å². The molecule has 0 radical (unpaired) electrons. The zero-order chi connectivity index (χ0) is 24.5. The maximum Gasteiger partial charge on any atom is 0.490 e. The Bertz CT molecular complexity index is 1040. The van der Waals surface area contributed by atoms with Crippen LogP contribution in [-0.2, 0) is 25.7 Å². The monoisotopic (exact) mass is 491 g/mol. The second-order valence-electron chi connectivity index (χ2n) is 6.91. The van der Waals surface area contributed by atoms with Gasteiger partial charge in [-0.25, -0.2) is 14.7 Å². The summed E-state index contributed by atoms with van der Waals surface area (Å²) in [6.45, 7) is 0.745. The van der Waals surface area contributed by atoms with Crippen LogP contribution in [0.5, 0.6) is 0 Å². The minimum Gasteiger partial charge on any atom is -0.477 e. The third-order valence-corrected chi connectivity index (χ3v) is 6.10. The fraction of sp³-hybridized carbons (Fsp3) is 0.438. The van der Waals surface area contributed by atoms with Crippen LogP contribution < -0.4 is 5.73 Å². The predicted molar refractivity (Wildman–Crippen MR) is 102 cm³/mol. The summed E-state index contributed by atoms with van der Waals surface area (Å²) in [7, 11) is 0. The Morgan fingerprint density at radius 3 is 2.52 bits per heavy atom. The van der Waals surface area contributed by atoms with Crippen LogP contribution in [0.3, 0.4) is 0 Å². The van der Waals surface area contributed by atoms with Crippen LogP contribution in [0.25, 0.3) is 0 Å². The number of carbonyl (C=O) groups excluding carboxylic acids is 2. The van der Waals surface area contributed by atoms with Crippen molar-refractivity contribution in [2.24, 2.45) is 5.73 Å². The molecule has 4 rings (SSSR count). The van der Waals surface area contributed by atoms with E-state index in [4.69, 9.17) is 15.6 Å². The van der Waals surface area contributed by atoms with E-state index >= 15 is 0 Å². The molecule has 3 aliphatic rings. The summed E-state index contributed by atoms with van der Waals surface area (Å²) in [5, 5.41) is 29.6. The number of nitrogens with two attached hydrogens (primary N) is 1. The molecule has 0 saturated carbocycles. The lowest BCUT2D eigenvalue weighted by molar-refractivity contribution is -0.192. The summed E-state index contributed by atoms with van der Waals surface area (Å²) in [5.41, 5.74) is 6.60. The number of hydrogen-bond acceptors (Lipinski definition) is 9. The molecule has 0 bridgehead atoms. The van der Waals surface area contributed by atoms with Gasteiger partial charge in [0.2, 0.25) is 11.8 Å². The van der Waals surface area contributed by atoms with Crippen molar-refractivity contribution in [3.63, 3.8) is 0 Å². The molecule has 33 heavy (non-hydrogen) atoms. The first-order valence-corrected chi connectivity index (χ1v) is 10.2. The Hall–Kier alpha value is -3.47. The molecular formula is C16H16F3N7O6S. The number of allylic oxidation sites excluding steroid dienone is 1. The SMILES string of the molecule is N[C@@H]1C(=O)N2C(C(=O)O)=C(C=C3CCN(Cc4nnn[nH]4)C3=O)CS[C@H]12.O=C(O)C(F)(F)F. The predicted octanol–water partition coefficient (Wildman–Crippen LogP) is -0.927. The summed E-state index contributed by atoms with van der Waals surface area (Å²) < 4.78 is 31.7. The molecule has 1 aromatic rings. The number of carboxylic acids is 2. The number of alkyl halides is 3. The highest BCUT2D eigenvalue weighted by atomic mass is 32.2. The van der Waals surface area contributed by atoms with Crippen LogP contribution in [-0.4, -0.2) is 94.3 Å². The summed E-state index contributed by atoms with van der Waals surface area (Å²) >= 11 is 1.40. The minimum atomic E-state index is -5.08. The van der Waals surface area contributed by atoms with Crippen LogP contribution in [0.15, 0.2) is 22.9 Å². The first-order chi connectivity index (χ1) is 15.4. The molecule has 0 aromatic carbocycles. The van der Waals surface area contributed by atoms with Gasteiger partial charge in [-0.15, -0.1) is 16.9 Å². The highest BCUT2D eigenvalue weighted by Crippen LogP contribution is 2.40. The second kappa shape index (κ2) is 9.18. The van der Waals surface area contributed by atoms with E-state index in [1.54, 1.807) is 11.0 Å². The van der Waals surface area contributed by atoms with E-state index in [9.17, 15) is 32.7 Å². The van der Waals surface area contributed by atoms with Gasteiger partial charge in [-0.1, -0.05) is 0 Å². The molecule has 2 saturated heterocycles. The van der Waals surface area contributed by atoms with Crippen LogP contribution in [0.1, 0.15) is 12.2 Å². The molecule has 13 nitrogen and oxygen atoms in total. The number of halogens is 3. The van der Waals surface area contributed by atoms with Crippen molar-refractivity contribution in [3.05, 3.63) is 28.7 Å². The number of nitrogens with zero attached hydrogens (tertiary/aromatic N) is 5. The number of tetrazole rings is 1. The van der Waals surface area contributed by atoms with Crippen molar-refractivity contribution >= 4 is 35.5 Å². The number of aromatic amines is 1. The number of nitrogens with one attached hydrogen (secondary N) is 1. The molecule has 0 unspecified atom stereocenters. The maximum absolute atomic E-state index is 12.6. The first kappa shape index (κ1) is 24.2. The number of likely N-dealkylation sites (tertiary alicyclic amines) is 1. The first-order valence-electron chi connectivity index (χ1n) is 9.11. The van der Waals surface area contributed by atoms with Crippen molar-refractivity contribution in [3.8, 4) is 0 Å². The molecule has 5 N–H and O–H groups in total. The van der Waals surface area contributed by atoms with Crippen LogP contribution >= 0.6 is 11.8 Å². The topological polar surface area (TPSA) is 196 Å². The van der Waals surface area contributed by atoms with Crippen molar-refractivity contribution in [2.75, 3.05) is 12.3 Å². The summed E-state index contributed by atoms with van der Waals surface area (Å²) in [6.07, 6.45) is -3.01. The van der Waals surface area contributed by atoms with Gasteiger partial charge in [0, 0.05) is 17.9 Å². The molecule has 3 aliphatic heterocycles.